The van der Waals surface area contributed by atoms with Gasteiger partial charge in [-0.15, -0.1) is 0 Å². The molecule has 2 heterocycles. The second kappa shape index (κ2) is 9.74. The summed E-state index contributed by atoms with van der Waals surface area (Å²) in [7, 11) is -2.66. The van der Waals surface area contributed by atoms with Gasteiger partial charge in [-0.05, 0) is 43.2 Å². The summed E-state index contributed by atoms with van der Waals surface area (Å²) in [5.41, 5.74) is -0.901. The van der Waals surface area contributed by atoms with Crippen molar-refractivity contribution in [3.05, 3.63) is 32.6 Å². The van der Waals surface area contributed by atoms with Gasteiger partial charge < -0.3 is 13.7 Å². The quantitative estimate of drug-likeness (QED) is 0.428. The van der Waals surface area contributed by atoms with E-state index in [-0.39, 0.29) is 16.7 Å². The van der Waals surface area contributed by atoms with Crippen molar-refractivity contribution in [2.24, 2.45) is 0 Å². The highest BCUT2D eigenvalue weighted by atomic mass is 28.4. The summed E-state index contributed by atoms with van der Waals surface area (Å²) in [6.07, 6.45) is -2.10. The minimum atomic E-state index is -2.26. The van der Waals surface area contributed by atoms with E-state index in [1.807, 2.05) is 0 Å². The van der Waals surface area contributed by atoms with E-state index in [0.29, 0.717) is 5.56 Å². The van der Waals surface area contributed by atoms with E-state index in [0.717, 1.165) is 4.57 Å². The smallest absolute Gasteiger partial charge is 0.330 e. The van der Waals surface area contributed by atoms with Crippen LogP contribution >= 0.6 is 0 Å². The van der Waals surface area contributed by atoms with Crippen molar-refractivity contribution in [2.45, 2.75) is 109 Å². The van der Waals surface area contributed by atoms with E-state index < -0.39 is 52.4 Å². The van der Waals surface area contributed by atoms with Gasteiger partial charge in [0.15, 0.2) is 20.7 Å². The van der Waals surface area contributed by atoms with Crippen molar-refractivity contribution in [3.8, 4) is 0 Å². The number of nitrogens with zero attached hydrogens (tertiary/aromatic N) is 2. The van der Waals surface area contributed by atoms with Gasteiger partial charge in [0.2, 0.25) is 8.32 Å². The van der Waals surface area contributed by atoms with Gasteiger partial charge in [-0.3, -0.25) is 14.3 Å². The van der Waals surface area contributed by atoms with Gasteiger partial charge in [0.25, 0.3) is 5.56 Å². The van der Waals surface area contributed by atoms with Crippen molar-refractivity contribution in [1.29, 1.82) is 0 Å². The normalized spacial score (nSPS) is 24.8. The molecular formula is C23H44FN3O5Si2. The highest BCUT2D eigenvalue weighted by molar-refractivity contribution is 6.74. The Morgan fingerprint density at radius 3 is 2.12 bits per heavy atom. The van der Waals surface area contributed by atoms with Crippen LogP contribution < -0.4 is 11.2 Å². The first-order valence-electron chi connectivity index (χ1n) is 11.9. The molecule has 0 aromatic carbocycles. The van der Waals surface area contributed by atoms with Gasteiger partial charge in [0.1, 0.15) is 6.10 Å². The van der Waals surface area contributed by atoms with Crippen molar-refractivity contribution in [1.82, 2.24) is 14.6 Å². The van der Waals surface area contributed by atoms with Gasteiger partial charge in [-0.2, -0.15) is 5.06 Å². The summed E-state index contributed by atoms with van der Waals surface area (Å²) < 4.78 is 36.1. The van der Waals surface area contributed by atoms with Crippen molar-refractivity contribution < 1.29 is 18.1 Å². The van der Waals surface area contributed by atoms with Crippen LogP contribution in [0, 0.1) is 6.92 Å². The summed E-state index contributed by atoms with van der Waals surface area (Å²) in [4.78, 5) is 26.6. The maximum atomic E-state index is 16.0. The zero-order chi connectivity index (χ0) is 26.4. The number of hydroxylamine groups is 2. The van der Waals surface area contributed by atoms with E-state index in [4.69, 9.17) is 13.7 Å². The van der Waals surface area contributed by atoms with Crippen LogP contribution in [0.1, 0.15) is 53.3 Å². The molecule has 0 amide bonds. The molecule has 1 aliphatic heterocycles. The minimum Gasteiger partial charge on any atom is -0.414 e. The molecule has 0 radical (unpaired) electrons. The highest BCUT2D eigenvalue weighted by Gasteiger charge is 2.52. The Morgan fingerprint density at radius 2 is 1.62 bits per heavy atom. The number of alkyl halides is 1. The fourth-order valence-corrected chi connectivity index (χ4v) is 5.47. The van der Waals surface area contributed by atoms with Gasteiger partial charge in [-0.25, -0.2) is 9.18 Å². The summed E-state index contributed by atoms with van der Waals surface area (Å²) >= 11 is 0. The van der Waals surface area contributed by atoms with Crippen molar-refractivity contribution in [3.63, 3.8) is 0 Å². The molecule has 1 aliphatic rings. The van der Waals surface area contributed by atoms with Crippen LogP contribution in [0.5, 0.6) is 0 Å². The molecule has 0 saturated carbocycles. The number of nitrogens with one attached hydrogen (secondary N) is 1. The standard InChI is InChI=1S/C23H44FN3O5Si2/c1-15-13-27(21(29)25-19(15)28)20-17(24)18(26(8)32-34(11,12)23(5,6)7)16(31-20)14-30-33(9,10)22(2,3)4/h13,16-18,20H,14H2,1-12H3,(H,25,28,29)/t16-,17+,18-,20-/m1/s1. The lowest BCUT2D eigenvalue weighted by Crippen LogP contribution is -2.54. The Bertz CT molecular complexity index is 981. The monoisotopic (exact) mass is 517 g/mol. The van der Waals surface area contributed by atoms with E-state index in [1.54, 1.807) is 19.0 Å². The van der Waals surface area contributed by atoms with Crippen LogP contribution in [0.25, 0.3) is 0 Å². The van der Waals surface area contributed by atoms with E-state index in [9.17, 15) is 9.59 Å². The zero-order valence-electron chi connectivity index (χ0n) is 22.9. The summed E-state index contributed by atoms with van der Waals surface area (Å²) in [5.74, 6) is 0. The summed E-state index contributed by atoms with van der Waals surface area (Å²) in [6, 6.07) is -0.789. The average molecular weight is 518 g/mol. The first-order valence-corrected chi connectivity index (χ1v) is 17.7. The third-order valence-electron chi connectivity index (χ3n) is 7.73. The van der Waals surface area contributed by atoms with E-state index in [1.165, 1.54) is 6.20 Å². The van der Waals surface area contributed by atoms with Gasteiger partial charge in [-0.1, -0.05) is 41.5 Å². The fraction of sp³-hybridized carbons (Fsp3) is 0.826. The predicted molar refractivity (Wildman–Crippen MR) is 138 cm³/mol. The van der Waals surface area contributed by atoms with Gasteiger partial charge in [0.05, 0.1) is 12.6 Å². The van der Waals surface area contributed by atoms with Crippen molar-refractivity contribution in [2.75, 3.05) is 13.7 Å². The zero-order valence-corrected chi connectivity index (χ0v) is 24.9. The number of rotatable bonds is 7. The third-order valence-corrected chi connectivity index (χ3v) is 16.6. The second-order valence-electron chi connectivity index (χ2n) is 12.4. The molecule has 11 heteroatoms. The summed E-state index contributed by atoms with van der Waals surface area (Å²) in [6.45, 7) is 23.0. The number of halogens is 1. The number of likely N-dealkylation sites (N-methyl/N-ethyl adjacent to an activating group) is 1. The Balaban J connectivity index is 2.42. The molecule has 1 fully saturated rings. The molecule has 1 aromatic rings. The molecule has 0 aliphatic carbocycles. The SMILES string of the molecule is Cc1cn([C@@H]2O[C@H](CO[Si](C)(C)C(C)(C)C)[C@@H](N(C)O[Si](C)(C)C(C)(C)C)[C@@H]2F)c(=O)[nH]c1=O. The van der Waals surface area contributed by atoms with Crippen LogP contribution in [0.3, 0.4) is 0 Å². The molecule has 34 heavy (non-hydrogen) atoms. The number of aryl methyl sites for hydroxylation is 1. The number of hydrogen-bond acceptors (Lipinski definition) is 6. The molecular weight excluding hydrogens is 473 g/mol. The number of H-pyrrole nitrogens is 1. The Labute approximate surface area is 205 Å². The maximum absolute atomic E-state index is 16.0. The maximum Gasteiger partial charge on any atom is 0.330 e. The molecule has 2 rings (SSSR count). The van der Waals surface area contributed by atoms with Crippen LogP contribution in [-0.2, 0) is 13.7 Å². The third kappa shape index (κ3) is 5.99. The lowest BCUT2D eigenvalue weighted by molar-refractivity contribution is -0.119. The molecule has 0 unspecified atom stereocenters. The number of hydrogen-bond donors (Lipinski definition) is 1. The van der Waals surface area contributed by atoms with Crippen LogP contribution in [-0.4, -0.2) is 63.2 Å². The molecule has 0 bridgehead atoms. The lowest BCUT2D eigenvalue weighted by Gasteiger charge is -2.42. The molecule has 4 atom stereocenters. The van der Waals surface area contributed by atoms with Gasteiger partial charge >= 0.3 is 5.69 Å². The topological polar surface area (TPSA) is 85.8 Å². The first kappa shape index (κ1) is 29.1. The highest BCUT2D eigenvalue weighted by Crippen LogP contribution is 2.41. The molecule has 196 valence electrons. The molecule has 1 saturated heterocycles. The molecule has 1 N–H and O–H groups in total. The average Bonchev–Trinajstić information content (AvgIpc) is 2.97. The number of aromatic amines is 1. The first-order chi connectivity index (χ1) is 15.2. The largest absolute Gasteiger partial charge is 0.414 e. The Hall–Kier alpha value is -1.12. The van der Waals surface area contributed by atoms with Crippen LogP contribution in [0.2, 0.25) is 36.3 Å². The van der Waals surface area contributed by atoms with Crippen LogP contribution in [0.15, 0.2) is 15.8 Å². The van der Waals surface area contributed by atoms with Gasteiger partial charge in [0, 0.05) is 18.8 Å². The minimum absolute atomic E-state index is 0.0217. The fourth-order valence-electron chi connectivity index (χ4n) is 3.34. The summed E-state index contributed by atoms with van der Waals surface area (Å²) in [5, 5.41) is 1.48. The Kier molecular flexibility index (Phi) is 8.34. The van der Waals surface area contributed by atoms with Crippen molar-refractivity contribution >= 4 is 16.6 Å². The second-order valence-corrected chi connectivity index (χ2v) is 22.0. The molecule has 8 nitrogen and oxygen atoms in total. The molecule has 1 aromatic heterocycles. The van der Waals surface area contributed by atoms with E-state index in [2.05, 4.69) is 72.7 Å². The predicted octanol–water partition coefficient (Wildman–Crippen LogP) is 4.34. The van der Waals surface area contributed by atoms with E-state index >= 15 is 4.39 Å². The lowest BCUT2D eigenvalue weighted by atomic mass is 10.1. The number of aromatic nitrogens is 2. The molecule has 0 spiro atoms. The Morgan fingerprint density at radius 1 is 1.09 bits per heavy atom. The number of ether oxygens (including phenoxy) is 1. The van der Waals surface area contributed by atoms with Crippen LogP contribution in [0.4, 0.5) is 4.39 Å².